The van der Waals surface area contributed by atoms with Crippen LogP contribution in [0.4, 0.5) is 0 Å². The van der Waals surface area contributed by atoms with E-state index in [1.807, 2.05) is 6.26 Å². The van der Waals surface area contributed by atoms with E-state index in [9.17, 15) is 9.59 Å². The van der Waals surface area contributed by atoms with Crippen LogP contribution >= 0.6 is 11.8 Å². The van der Waals surface area contributed by atoms with Gasteiger partial charge >= 0.3 is 5.97 Å². The fourth-order valence-electron chi connectivity index (χ4n) is 1.30. The Bertz CT molecular complexity index is 233. The molecular formula is C11H21NO3S. The van der Waals surface area contributed by atoms with E-state index in [-0.39, 0.29) is 12.5 Å². The Kier molecular flexibility index (Phi) is 8.07. The Morgan fingerprint density at radius 1 is 1.38 bits per heavy atom. The van der Waals surface area contributed by atoms with Crippen LogP contribution in [0.1, 0.15) is 26.2 Å². The zero-order valence-corrected chi connectivity index (χ0v) is 11.0. The van der Waals surface area contributed by atoms with Crippen molar-refractivity contribution in [2.45, 2.75) is 26.2 Å². The zero-order valence-electron chi connectivity index (χ0n) is 10.2. The van der Waals surface area contributed by atoms with Crippen molar-refractivity contribution in [1.29, 1.82) is 0 Å². The maximum atomic E-state index is 11.6. The van der Waals surface area contributed by atoms with Crippen LogP contribution in [0.2, 0.25) is 0 Å². The smallest absolute Gasteiger partial charge is 0.308 e. The van der Waals surface area contributed by atoms with Crippen LogP contribution in [-0.4, -0.2) is 47.5 Å². The molecule has 0 saturated heterocycles. The van der Waals surface area contributed by atoms with Gasteiger partial charge in [0.2, 0.25) is 5.91 Å². The molecule has 4 nitrogen and oxygen atoms in total. The lowest BCUT2D eigenvalue weighted by Gasteiger charge is -2.19. The van der Waals surface area contributed by atoms with E-state index in [0.717, 1.165) is 18.6 Å². The number of amides is 1. The van der Waals surface area contributed by atoms with Gasteiger partial charge in [0.05, 0.1) is 5.92 Å². The van der Waals surface area contributed by atoms with Crippen LogP contribution in [0.25, 0.3) is 0 Å². The summed E-state index contributed by atoms with van der Waals surface area (Å²) in [5, 5.41) is 8.72. The van der Waals surface area contributed by atoms with Crippen molar-refractivity contribution in [1.82, 2.24) is 4.90 Å². The molecule has 94 valence electrons. The summed E-state index contributed by atoms with van der Waals surface area (Å²) in [7, 11) is 1.66. The average Bonchev–Trinajstić information content (AvgIpc) is 2.23. The second-order valence-corrected chi connectivity index (χ2v) is 4.95. The Labute approximate surface area is 101 Å². The summed E-state index contributed by atoms with van der Waals surface area (Å²) >= 11 is 1.77. The number of nitrogens with zero attached hydrogens (tertiary/aromatic N) is 1. The summed E-state index contributed by atoms with van der Waals surface area (Å²) in [5.41, 5.74) is 0. The lowest BCUT2D eigenvalue weighted by atomic mass is 10.1. The lowest BCUT2D eigenvalue weighted by Crippen LogP contribution is -2.33. The van der Waals surface area contributed by atoms with E-state index >= 15 is 0 Å². The summed E-state index contributed by atoms with van der Waals surface area (Å²) in [6, 6.07) is 0. The van der Waals surface area contributed by atoms with Crippen LogP contribution in [0.5, 0.6) is 0 Å². The molecule has 0 aromatic carbocycles. The van der Waals surface area contributed by atoms with Gasteiger partial charge in [-0.25, -0.2) is 0 Å². The van der Waals surface area contributed by atoms with Crippen LogP contribution < -0.4 is 0 Å². The first-order valence-corrected chi connectivity index (χ1v) is 6.84. The van der Waals surface area contributed by atoms with E-state index in [2.05, 4.69) is 0 Å². The topological polar surface area (TPSA) is 57.6 Å². The molecule has 5 heteroatoms. The molecule has 0 heterocycles. The molecule has 0 spiro atoms. The Morgan fingerprint density at radius 3 is 2.50 bits per heavy atom. The van der Waals surface area contributed by atoms with Crippen molar-refractivity contribution >= 4 is 23.6 Å². The molecule has 0 aromatic rings. The number of rotatable bonds is 8. The highest BCUT2D eigenvalue weighted by atomic mass is 32.2. The van der Waals surface area contributed by atoms with Gasteiger partial charge in [-0.2, -0.15) is 11.8 Å². The molecule has 1 N–H and O–H groups in total. The number of aliphatic carboxylic acids is 1. The van der Waals surface area contributed by atoms with E-state index < -0.39 is 11.9 Å². The molecule has 0 aliphatic heterocycles. The molecule has 1 amide bonds. The maximum Gasteiger partial charge on any atom is 0.308 e. The molecule has 0 aromatic heterocycles. The summed E-state index contributed by atoms with van der Waals surface area (Å²) in [6.45, 7) is 1.90. The molecule has 0 aliphatic rings. The maximum absolute atomic E-state index is 11.6. The summed E-state index contributed by atoms with van der Waals surface area (Å²) < 4.78 is 0. The van der Waals surface area contributed by atoms with E-state index in [4.69, 9.17) is 5.11 Å². The van der Waals surface area contributed by atoms with E-state index in [1.54, 1.807) is 25.7 Å². The first-order valence-electron chi connectivity index (χ1n) is 5.44. The minimum Gasteiger partial charge on any atom is -0.481 e. The number of carboxylic acid groups (broad SMARTS) is 1. The third-order valence-electron chi connectivity index (χ3n) is 2.38. The number of carbonyl (C=O) groups is 2. The molecule has 16 heavy (non-hydrogen) atoms. The third kappa shape index (κ3) is 6.71. The molecule has 1 atom stereocenters. The summed E-state index contributed by atoms with van der Waals surface area (Å²) in [4.78, 5) is 23.7. The average molecular weight is 247 g/mol. The highest BCUT2D eigenvalue weighted by Crippen LogP contribution is 2.06. The SMILES string of the molecule is CSCCCCC(=O)N(C)CC(C)C(=O)O. The van der Waals surface area contributed by atoms with E-state index in [0.29, 0.717) is 6.42 Å². The number of hydrogen-bond donors (Lipinski definition) is 1. The molecule has 0 rings (SSSR count). The molecule has 0 bridgehead atoms. The minimum absolute atomic E-state index is 0.0363. The first kappa shape index (κ1) is 15.3. The van der Waals surface area contributed by atoms with Gasteiger partial charge in [0.1, 0.15) is 0 Å². The molecule has 0 saturated carbocycles. The van der Waals surface area contributed by atoms with Gasteiger partial charge in [0.25, 0.3) is 0 Å². The monoisotopic (exact) mass is 247 g/mol. The largest absolute Gasteiger partial charge is 0.481 e. The fourth-order valence-corrected chi connectivity index (χ4v) is 1.80. The van der Waals surface area contributed by atoms with Gasteiger partial charge in [0, 0.05) is 20.0 Å². The highest BCUT2D eigenvalue weighted by molar-refractivity contribution is 7.98. The molecule has 0 radical (unpaired) electrons. The van der Waals surface area contributed by atoms with Crippen LogP contribution in [-0.2, 0) is 9.59 Å². The van der Waals surface area contributed by atoms with Gasteiger partial charge < -0.3 is 10.0 Å². The highest BCUT2D eigenvalue weighted by Gasteiger charge is 2.16. The van der Waals surface area contributed by atoms with Crippen molar-refractivity contribution in [2.24, 2.45) is 5.92 Å². The second kappa shape index (κ2) is 8.44. The fraction of sp³-hybridized carbons (Fsp3) is 0.818. The predicted octanol–water partition coefficient (Wildman–Crippen LogP) is 1.70. The van der Waals surface area contributed by atoms with Crippen molar-refractivity contribution in [3.8, 4) is 0 Å². The Morgan fingerprint density at radius 2 is 2.00 bits per heavy atom. The quantitative estimate of drug-likeness (QED) is 0.663. The molecule has 1 unspecified atom stereocenters. The first-order chi connectivity index (χ1) is 7.49. The zero-order chi connectivity index (χ0) is 12.6. The van der Waals surface area contributed by atoms with Crippen LogP contribution in [0, 0.1) is 5.92 Å². The van der Waals surface area contributed by atoms with Gasteiger partial charge in [-0.1, -0.05) is 6.92 Å². The molecule has 0 fully saturated rings. The van der Waals surface area contributed by atoms with Crippen molar-refractivity contribution in [2.75, 3.05) is 25.6 Å². The number of carboxylic acids is 1. The number of hydrogen-bond acceptors (Lipinski definition) is 3. The van der Waals surface area contributed by atoms with Gasteiger partial charge in [-0.3, -0.25) is 9.59 Å². The Hall–Kier alpha value is -0.710. The third-order valence-corrected chi connectivity index (χ3v) is 3.08. The normalized spacial score (nSPS) is 12.2. The molecule has 0 aliphatic carbocycles. The van der Waals surface area contributed by atoms with Crippen LogP contribution in [0.3, 0.4) is 0 Å². The second-order valence-electron chi connectivity index (χ2n) is 3.96. The predicted molar refractivity (Wildman–Crippen MR) is 66.7 cm³/mol. The summed E-state index contributed by atoms with van der Waals surface area (Å²) in [5.74, 6) is -0.251. The number of unbranched alkanes of at least 4 members (excludes halogenated alkanes) is 1. The van der Waals surface area contributed by atoms with Crippen molar-refractivity contribution < 1.29 is 14.7 Å². The van der Waals surface area contributed by atoms with Crippen LogP contribution in [0.15, 0.2) is 0 Å². The molecular weight excluding hydrogens is 226 g/mol. The van der Waals surface area contributed by atoms with E-state index in [1.165, 1.54) is 4.90 Å². The van der Waals surface area contributed by atoms with Crippen molar-refractivity contribution in [3.05, 3.63) is 0 Å². The standard InChI is InChI=1S/C11H21NO3S/c1-9(11(14)15)8-12(2)10(13)6-4-5-7-16-3/h9H,4-8H2,1-3H3,(H,14,15). The minimum atomic E-state index is -0.859. The van der Waals surface area contributed by atoms with Gasteiger partial charge in [0.15, 0.2) is 0 Å². The van der Waals surface area contributed by atoms with Gasteiger partial charge in [-0.05, 0) is 24.9 Å². The number of carbonyl (C=O) groups excluding carboxylic acids is 1. The van der Waals surface area contributed by atoms with Gasteiger partial charge in [-0.15, -0.1) is 0 Å². The van der Waals surface area contributed by atoms with Crippen molar-refractivity contribution in [3.63, 3.8) is 0 Å². The lowest BCUT2D eigenvalue weighted by molar-refractivity contribution is -0.142. The summed E-state index contributed by atoms with van der Waals surface area (Å²) in [6.07, 6.45) is 4.48. The Balaban J connectivity index is 3.77. The number of thioether (sulfide) groups is 1.